The summed E-state index contributed by atoms with van der Waals surface area (Å²) in [5.74, 6) is -0.0176. The molecule has 4 rings (SSSR count). The highest BCUT2D eigenvalue weighted by atomic mass is 16.1. The van der Waals surface area contributed by atoms with Gasteiger partial charge in [0.05, 0.1) is 17.6 Å². The van der Waals surface area contributed by atoms with Crippen molar-refractivity contribution in [3.8, 4) is 0 Å². The van der Waals surface area contributed by atoms with Crippen LogP contribution in [0.25, 0.3) is 10.9 Å². The fourth-order valence-electron chi connectivity index (χ4n) is 3.35. The van der Waals surface area contributed by atoms with Crippen molar-refractivity contribution in [2.24, 2.45) is 0 Å². The molecule has 4 nitrogen and oxygen atoms in total. The van der Waals surface area contributed by atoms with Gasteiger partial charge in [0.15, 0.2) is 0 Å². The smallest absolute Gasteiger partial charge is 0.228 e. The van der Waals surface area contributed by atoms with E-state index in [0.717, 1.165) is 44.7 Å². The van der Waals surface area contributed by atoms with Crippen molar-refractivity contribution < 1.29 is 4.79 Å². The van der Waals surface area contributed by atoms with Crippen LogP contribution in [0, 0.1) is 13.8 Å². The van der Waals surface area contributed by atoms with E-state index in [4.69, 9.17) is 0 Å². The highest BCUT2D eigenvalue weighted by molar-refractivity contribution is 5.95. The molecule has 29 heavy (non-hydrogen) atoms. The van der Waals surface area contributed by atoms with E-state index in [1.807, 2.05) is 86.8 Å². The number of rotatable bonds is 5. The maximum atomic E-state index is 12.4. The molecule has 0 aliphatic rings. The fraction of sp³-hybridized carbons (Fsp3) is 0.120. The summed E-state index contributed by atoms with van der Waals surface area (Å²) in [4.78, 5) is 16.9. The molecule has 1 heterocycles. The molecule has 1 aromatic heterocycles. The third-order valence-corrected chi connectivity index (χ3v) is 4.97. The fourth-order valence-corrected chi connectivity index (χ4v) is 3.35. The molecular weight excluding hydrogens is 358 g/mol. The Morgan fingerprint density at radius 1 is 0.862 bits per heavy atom. The Bertz CT molecular complexity index is 1170. The minimum atomic E-state index is -0.0176. The van der Waals surface area contributed by atoms with Gasteiger partial charge in [-0.3, -0.25) is 9.78 Å². The minimum Gasteiger partial charge on any atom is -0.355 e. The summed E-state index contributed by atoms with van der Waals surface area (Å²) in [5, 5.41) is 7.57. The number of anilines is 3. The van der Waals surface area contributed by atoms with Crippen LogP contribution in [0.5, 0.6) is 0 Å². The summed E-state index contributed by atoms with van der Waals surface area (Å²) < 4.78 is 0. The summed E-state index contributed by atoms with van der Waals surface area (Å²) in [6.45, 7) is 4.03. The molecule has 0 fully saturated rings. The zero-order chi connectivity index (χ0) is 20.2. The Morgan fingerprint density at radius 3 is 2.38 bits per heavy atom. The van der Waals surface area contributed by atoms with Crippen LogP contribution in [0.2, 0.25) is 0 Å². The van der Waals surface area contributed by atoms with Crippen LogP contribution in [0.1, 0.15) is 16.7 Å². The number of hydrogen-bond donors (Lipinski definition) is 2. The third kappa shape index (κ3) is 4.27. The maximum absolute atomic E-state index is 12.4. The summed E-state index contributed by atoms with van der Waals surface area (Å²) in [7, 11) is 0. The number of aryl methyl sites for hydroxylation is 2. The molecule has 1 amide bonds. The topological polar surface area (TPSA) is 54.0 Å². The van der Waals surface area contributed by atoms with Crippen molar-refractivity contribution >= 4 is 33.9 Å². The zero-order valence-corrected chi connectivity index (χ0v) is 16.6. The van der Waals surface area contributed by atoms with E-state index in [-0.39, 0.29) is 5.91 Å². The van der Waals surface area contributed by atoms with Crippen LogP contribution in [0.15, 0.2) is 79.0 Å². The first-order chi connectivity index (χ1) is 14.1. The lowest BCUT2D eigenvalue weighted by Crippen LogP contribution is -2.15. The molecule has 0 bridgehead atoms. The normalized spacial score (nSPS) is 10.7. The number of nitrogens with one attached hydrogen (secondary N) is 2. The number of carbonyl (C=O) groups is 1. The molecule has 0 saturated carbocycles. The summed E-state index contributed by atoms with van der Waals surface area (Å²) in [6.07, 6.45) is 2.22. The SMILES string of the molecule is Cc1ccccc1NC(=O)Cc1ccc(Nc2c(C)cnc3ccccc23)cc1. The number of amides is 1. The van der Waals surface area contributed by atoms with E-state index in [9.17, 15) is 4.79 Å². The second kappa shape index (κ2) is 8.15. The number of aromatic nitrogens is 1. The Labute approximate surface area is 170 Å². The maximum Gasteiger partial charge on any atom is 0.228 e. The lowest BCUT2D eigenvalue weighted by Gasteiger charge is -2.13. The van der Waals surface area contributed by atoms with Crippen molar-refractivity contribution in [3.05, 3.63) is 95.7 Å². The van der Waals surface area contributed by atoms with E-state index in [1.165, 1.54) is 0 Å². The van der Waals surface area contributed by atoms with Gasteiger partial charge in [-0.1, -0.05) is 48.5 Å². The number of pyridine rings is 1. The third-order valence-electron chi connectivity index (χ3n) is 4.97. The van der Waals surface area contributed by atoms with Gasteiger partial charge in [0.2, 0.25) is 5.91 Å². The van der Waals surface area contributed by atoms with E-state index < -0.39 is 0 Å². The monoisotopic (exact) mass is 381 g/mol. The summed E-state index contributed by atoms with van der Waals surface area (Å²) in [5.41, 5.74) is 6.97. The van der Waals surface area contributed by atoms with Crippen molar-refractivity contribution in [2.45, 2.75) is 20.3 Å². The second-order valence-electron chi connectivity index (χ2n) is 7.20. The van der Waals surface area contributed by atoms with E-state index >= 15 is 0 Å². The van der Waals surface area contributed by atoms with Crippen LogP contribution in [0.4, 0.5) is 17.1 Å². The number of fused-ring (bicyclic) bond motifs is 1. The van der Waals surface area contributed by atoms with Crippen LogP contribution in [-0.4, -0.2) is 10.9 Å². The standard InChI is InChI=1S/C25H23N3O/c1-17-7-3-5-9-22(17)28-24(29)15-19-11-13-20(14-12-19)27-25-18(2)16-26-23-10-6-4-8-21(23)25/h3-14,16H,15H2,1-2H3,(H,26,27)(H,28,29). The molecule has 0 radical (unpaired) electrons. The number of para-hydroxylation sites is 2. The Kier molecular flexibility index (Phi) is 5.25. The van der Waals surface area contributed by atoms with Crippen LogP contribution in [0.3, 0.4) is 0 Å². The average molecular weight is 381 g/mol. The van der Waals surface area contributed by atoms with Crippen LogP contribution >= 0.6 is 0 Å². The molecule has 0 atom stereocenters. The van der Waals surface area contributed by atoms with Gasteiger partial charge >= 0.3 is 0 Å². The van der Waals surface area contributed by atoms with Gasteiger partial charge in [0, 0.05) is 23.0 Å². The first kappa shape index (κ1) is 18.7. The predicted octanol–water partition coefficient (Wildman–Crippen LogP) is 5.78. The summed E-state index contributed by atoms with van der Waals surface area (Å²) >= 11 is 0. The van der Waals surface area contributed by atoms with Crippen molar-refractivity contribution in [3.63, 3.8) is 0 Å². The van der Waals surface area contributed by atoms with Gasteiger partial charge in [0.1, 0.15) is 0 Å². The van der Waals surface area contributed by atoms with Crippen LogP contribution in [-0.2, 0) is 11.2 Å². The van der Waals surface area contributed by atoms with E-state index in [1.54, 1.807) is 0 Å². The molecule has 3 aromatic carbocycles. The average Bonchev–Trinajstić information content (AvgIpc) is 2.73. The first-order valence-corrected chi connectivity index (χ1v) is 9.66. The van der Waals surface area contributed by atoms with Crippen molar-refractivity contribution in [1.29, 1.82) is 0 Å². The molecule has 0 aliphatic carbocycles. The molecule has 0 spiro atoms. The minimum absolute atomic E-state index is 0.0176. The van der Waals surface area contributed by atoms with Gasteiger partial charge in [-0.15, -0.1) is 0 Å². The van der Waals surface area contributed by atoms with E-state index in [2.05, 4.69) is 21.7 Å². The first-order valence-electron chi connectivity index (χ1n) is 9.66. The Balaban J connectivity index is 1.47. The van der Waals surface area contributed by atoms with Crippen molar-refractivity contribution in [1.82, 2.24) is 4.98 Å². The molecule has 0 aliphatic heterocycles. The lowest BCUT2D eigenvalue weighted by atomic mass is 10.1. The molecule has 0 saturated heterocycles. The van der Waals surface area contributed by atoms with Gasteiger partial charge < -0.3 is 10.6 Å². The van der Waals surface area contributed by atoms with Gasteiger partial charge in [-0.2, -0.15) is 0 Å². The molecular formula is C25H23N3O. The van der Waals surface area contributed by atoms with Crippen molar-refractivity contribution in [2.75, 3.05) is 10.6 Å². The Hall–Kier alpha value is -3.66. The Morgan fingerprint density at radius 2 is 1.59 bits per heavy atom. The lowest BCUT2D eigenvalue weighted by molar-refractivity contribution is -0.115. The largest absolute Gasteiger partial charge is 0.355 e. The molecule has 144 valence electrons. The van der Waals surface area contributed by atoms with E-state index in [0.29, 0.717) is 6.42 Å². The second-order valence-corrected chi connectivity index (χ2v) is 7.20. The highest BCUT2D eigenvalue weighted by Gasteiger charge is 2.08. The van der Waals surface area contributed by atoms with Gasteiger partial charge in [-0.05, 0) is 54.8 Å². The predicted molar refractivity (Wildman–Crippen MR) is 120 cm³/mol. The number of benzene rings is 3. The highest BCUT2D eigenvalue weighted by Crippen LogP contribution is 2.28. The number of nitrogens with zero attached hydrogens (tertiary/aromatic N) is 1. The summed E-state index contributed by atoms with van der Waals surface area (Å²) in [6, 6.07) is 23.9. The number of carbonyl (C=O) groups excluding carboxylic acids is 1. The number of hydrogen-bond acceptors (Lipinski definition) is 3. The van der Waals surface area contributed by atoms with Gasteiger partial charge in [-0.25, -0.2) is 0 Å². The molecule has 0 unspecified atom stereocenters. The zero-order valence-electron chi connectivity index (χ0n) is 16.6. The molecule has 2 N–H and O–H groups in total. The molecule has 4 aromatic rings. The van der Waals surface area contributed by atoms with Crippen LogP contribution < -0.4 is 10.6 Å². The molecule has 4 heteroatoms. The van der Waals surface area contributed by atoms with Gasteiger partial charge in [0.25, 0.3) is 0 Å². The quantitative estimate of drug-likeness (QED) is 0.461.